The fraction of sp³-hybridized carbons (Fsp3) is 0.364. The van der Waals surface area contributed by atoms with E-state index in [4.69, 9.17) is 0 Å². The second kappa shape index (κ2) is 10.3. The summed E-state index contributed by atoms with van der Waals surface area (Å²) in [5.41, 5.74) is 2.73. The normalized spacial score (nSPS) is 15.0. The van der Waals surface area contributed by atoms with Crippen LogP contribution in [0.4, 0.5) is 14.5 Å². The number of rotatable bonds is 7. The van der Waals surface area contributed by atoms with Gasteiger partial charge >= 0.3 is 0 Å². The van der Waals surface area contributed by atoms with Crippen molar-refractivity contribution >= 4 is 17.5 Å². The molecule has 0 aliphatic carbocycles. The number of carbonyl (C=O) groups is 2. The Morgan fingerprint density at radius 3 is 2.33 bits per heavy atom. The monoisotopic (exact) mass is 416 g/mol. The van der Waals surface area contributed by atoms with Gasteiger partial charge in [-0.3, -0.25) is 19.4 Å². The number of nitrogens with one attached hydrogen (secondary N) is 2. The summed E-state index contributed by atoms with van der Waals surface area (Å²) in [5.74, 6) is -2.78. The molecule has 1 saturated heterocycles. The summed E-state index contributed by atoms with van der Waals surface area (Å²) in [5, 5.41) is 4.98. The van der Waals surface area contributed by atoms with Crippen LogP contribution in [0.1, 0.15) is 11.1 Å². The van der Waals surface area contributed by atoms with E-state index in [2.05, 4.69) is 39.5 Å². The van der Waals surface area contributed by atoms with Crippen LogP contribution in [0.2, 0.25) is 0 Å². The molecule has 0 unspecified atom stereocenters. The lowest BCUT2D eigenvalue weighted by molar-refractivity contribution is -0.125. The summed E-state index contributed by atoms with van der Waals surface area (Å²) < 4.78 is 26.1. The van der Waals surface area contributed by atoms with Crippen LogP contribution in [0.5, 0.6) is 0 Å². The van der Waals surface area contributed by atoms with Gasteiger partial charge in [-0.1, -0.05) is 24.3 Å². The van der Waals surface area contributed by atoms with E-state index in [9.17, 15) is 18.4 Å². The zero-order chi connectivity index (χ0) is 21.5. The molecule has 3 rings (SSSR count). The highest BCUT2D eigenvalue weighted by Gasteiger charge is 2.19. The molecule has 2 amide bonds. The van der Waals surface area contributed by atoms with Crippen LogP contribution in [0.15, 0.2) is 42.5 Å². The predicted molar refractivity (Wildman–Crippen MR) is 111 cm³/mol. The van der Waals surface area contributed by atoms with Crippen LogP contribution in [-0.2, 0) is 16.1 Å². The average molecular weight is 416 g/mol. The summed E-state index contributed by atoms with van der Waals surface area (Å²) in [6, 6.07) is 11.4. The van der Waals surface area contributed by atoms with Crippen molar-refractivity contribution in [3.63, 3.8) is 0 Å². The number of piperazine rings is 1. The Bertz CT molecular complexity index is 898. The second-order valence-electron chi connectivity index (χ2n) is 7.43. The number of hydrogen-bond acceptors (Lipinski definition) is 4. The zero-order valence-corrected chi connectivity index (χ0v) is 17.0. The summed E-state index contributed by atoms with van der Waals surface area (Å²) in [6.07, 6.45) is 0. The quantitative estimate of drug-likeness (QED) is 0.726. The molecule has 1 heterocycles. The van der Waals surface area contributed by atoms with Crippen LogP contribution in [-0.4, -0.2) is 60.9 Å². The molecule has 0 spiro atoms. The van der Waals surface area contributed by atoms with E-state index >= 15 is 0 Å². The number of benzene rings is 2. The number of anilines is 1. The smallest absolute Gasteiger partial charge is 0.243 e. The van der Waals surface area contributed by atoms with Gasteiger partial charge in [-0.25, -0.2) is 8.78 Å². The Hall–Kier alpha value is -2.84. The molecule has 8 heteroatoms. The molecule has 1 aliphatic rings. The van der Waals surface area contributed by atoms with E-state index in [0.717, 1.165) is 44.9 Å². The van der Waals surface area contributed by atoms with Gasteiger partial charge in [0.2, 0.25) is 11.8 Å². The van der Waals surface area contributed by atoms with Crippen molar-refractivity contribution in [2.75, 3.05) is 44.6 Å². The van der Waals surface area contributed by atoms with E-state index in [1.807, 2.05) is 12.1 Å². The predicted octanol–water partition coefficient (Wildman–Crippen LogP) is 2.15. The highest BCUT2D eigenvalue weighted by Crippen LogP contribution is 2.13. The van der Waals surface area contributed by atoms with Gasteiger partial charge in [0.1, 0.15) is 0 Å². The Morgan fingerprint density at radius 2 is 1.63 bits per heavy atom. The molecule has 0 saturated carbocycles. The first kappa shape index (κ1) is 21.9. The average Bonchev–Trinajstić information content (AvgIpc) is 2.72. The number of carbonyl (C=O) groups excluding carboxylic acids is 2. The molecule has 30 heavy (non-hydrogen) atoms. The third kappa shape index (κ3) is 6.33. The molecular formula is C22H26F2N4O2. The summed E-state index contributed by atoms with van der Waals surface area (Å²) in [7, 11) is 0. The molecular weight excluding hydrogens is 390 g/mol. The highest BCUT2D eigenvalue weighted by atomic mass is 19.2. The lowest BCUT2D eigenvalue weighted by Crippen LogP contribution is -2.49. The van der Waals surface area contributed by atoms with E-state index in [-0.39, 0.29) is 24.7 Å². The standard InChI is InChI=1S/C22H26F2N4O2/c1-16-4-2-3-5-17(16)14-27-8-10-28(11-9-27)15-22(30)25-13-21(29)26-18-6-7-19(23)20(24)12-18/h2-7,12H,8-11,13-15H2,1H3,(H,25,30)(H,26,29). The first-order valence-electron chi connectivity index (χ1n) is 9.91. The number of halogens is 2. The van der Waals surface area contributed by atoms with Crippen molar-refractivity contribution in [3.05, 3.63) is 65.2 Å². The molecule has 2 N–H and O–H groups in total. The van der Waals surface area contributed by atoms with Crippen molar-refractivity contribution in [3.8, 4) is 0 Å². The molecule has 6 nitrogen and oxygen atoms in total. The molecule has 160 valence electrons. The van der Waals surface area contributed by atoms with Gasteiger partial charge in [0, 0.05) is 44.5 Å². The van der Waals surface area contributed by atoms with Crippen LogP contribution in [0.3, 0.4) is 0 Å². The van der Waals surface area contributed by atoms with Crippen molar-refractivity contribution in [2.45, 2.75) is 13.5 Å². The lowest BCUT2D eigenvalue weighted by Gasteiger charge is -2.34. The minimum Gasteiger partial charge on any atom is -0.346 e. The topological polar surface area (TPSA) is 64.7 Å². The lowest BCUT2D eigenvalue weighted by atomic mass is 10.1. The molecule has 0 atom stereocenters. The molecule has 1 fully saturated rings. The summed E-state index contributed by atoms with van der Waals surface area (Å²) in [4.78, 5) is 28.4. The Labute approximate surface area is 174 Å². The maximum absolute atomic E-state index is 13.2. The third-order valence-electron chi connectivity index (χ3n) is 5.14. The van der Waals surface area contributed by atoms with Crippen LogP contribution >= 0.6 is 0 Å². The third-order valence-corrected chi connectivity index (χ3v) is 5.14. The maximum atomic E-state index is 13.2. The first-order chi connectivity index (χ1) is 14.4. The molecule has 2 aromatic carbocycles. The SMILES string of the molecule is Cc1ccccc1CN1CCN(CC(=O)NCC(=O)Nc2ccc(F)c(F)c2)CC1. The van der Waals surface area contributed by atoms with Gasteiger partial charge in [-0.2, -0.15) is 0 Å². The van der Waals surface area contributed by atoms with Gasteiger partial charge < -0.3 is 10.6 Å². The van der Waals surface area contributed by atoms with E-state index < -0.39 is 17.5 Å². The molecule has 2 aromatic rings. The molecule has 0 radical (unpaired) electrons. The number of nitrogens with zero attached hydrogens (tertiary/aromatic N) is 2. The van der Waals surface area contributed by atoms with Crippen LogP contribution in [0, 0.1) is 18.6 Å². The fourth-order valence-corrected chi connectivity index (χ4v) is 3.35. The van der Waals surface area contributed by atoms with Crippen LogP contribution < -0.4 is 10.6 Å². The Kier molecular flexibility index (Phi) is 7.48. The summed E-state index contributed by atoms with van der Waals surface area (Å²) >= 11 is 0. The minimum absolute atomic E-state index is 0.137. The first-order valence-corrected chi connectivity index (χ1v) is 9.91. The highest BCUT2D eigenvalue weighted by molar-refractivity contribution is 5.94. The van der Waals surface area contributed by atoms with Crippen molar-refractivity contribution in [1.82, 2.24) is 15.1 Å². The number of hydrogen-bond donors (Lipinski definition) is 2. The minimum atomic E-state index is -1.04. The van der Waals surface area contributed by atoms with Gasteiger partial charge in [-0.05, 0) is 30.2 Å². The van der Waals surface area contributed by atoms with Gasteiger partial charge in [0.25, 0.3) is 0 Å². The van der Waals surface area contributed by atoms with Gasteiger partial charge in [-0.15, -0.1) is 0 Å². The van der Waals surface area contributed by atoms with Gasteiger partial charge in [0.15, 0.2) is 11.6 Å². The van der Waals surface area contributed by atoms with Crippen molar-refractivity contribution in [2.24, 2.45) is 0 Å². The van der Waals surface area contributed by atoms with Crippen molar-refractivity contribution in [1.29, 1.82) is 0 Å². The van der Waals surface area contributed by atoms with E-state index in [0.29, 0.717) is 0 Å². The van der Waals surface area contributed by atoms with Gasteiger partial charge in [0.05, 0.1) is 13.1 Å². The van der Waals surface area contributed by atoms with Crippen LogP contribution in [0.25, 0.3) is 0 Å². The molecule has 0 aromatic heterocycles. The molecule has 0 bridgehead atoms. The number of aryl methyl sites for hydroxylation is 1. The largest absolute Gasteiger partial charge is 0.346 e. The Balaban J connectivity index is 1.36. The number of amides is 2. The summed E-state index contributed by atoms with van der Waals surface area (Å²) in [6.45, 7) is 6.30. The van der Waals surface area contributed by atoms with E-state index in [1.165, 1.54) is 17.2 Å². The second-order valence-corrected chi connectivity index (χ2v) is 7.43. The van der Waals surface area contributed by atoms with E-state index in [1.54, 1.807) is 0 Å². The Morgan fingerprint density at radius 1 is 0.933 bits per heavy atom. The molecule has 1 aliphatic heterocycles. The fourth-order valence-electron chi connectivity index (χ4n) is 3.35. The van der Waals surface area contributed by atoms with Crippen molar-refractivity contribution < 1.29 is 18.4 Å². The zero-order valence-electron chi connectivity index (χ0n) is 17.0. The maximum Gasteiger partial charge on any atom is 0.243 e.